The lowest BCUT2D eigenvalue weighted by molar-refractivity contribution is 0.0929. The van der Waals surface area contributed by atoms with Gasteiger partial charge in [0.1, 0.15) is 19.0 Å². The van der Waals surface area contributed by atoms with E-state index in [2.05, 4.69) is 4.74 Å². The second-order valence-corrected chi connectivity index (χ2v) is 2.54. The summed E-state index contributed by atoms with van der Waals surface area (Å²) in [7, 11) is 0. The average Bonchev–Trinajstić information content (AvgIpc) is 2.25. The topological polar surface area (TPSA) is 18.5 Å². The molecule has 0 bridgehead atoms. The molecule has 0 saturated heterocycles. The zero-order valence-electron chi connectivity index (χ0n) is 7.75. The molecule has 0 aliphatic rings. The van der Waals surface area contributed by atoms with Crippen LogP contribution in [-0.2, 0) is 4.74 Å². The van der Waals surface area contributed by atoms with Crippen molar-refractivity contribution in [3.8, 4) is 5.75 Å². The number of rotatable bonds is 5. The molecule has 0 unspecified atom stereocenters. The molecule has 5 heteroatoms. The van der Waals surface area contributed by atoms with Gasteiger partial charge in [0.05, 0.1) is 0 Å². The molecular weight excluding hydrogens is 209 g/mol. The quantitative estimate of drug-likeness (QED) is 0.558. The Hall–Kier alpha value is -1.65. The molecule has 0 aromatic heterocycles. The molecule has 0 atom stereocenters. The van der Waals surface area contributed by atoms with Crippen LogP contribution in [0.2, 0.25) is 0 Å². The fourth-order valence-corrected chi connectivity index (χ4v) is 0.862. The molecule has 0 saturated carbocycles. The van der Waals surface area contributed by atoms with Crippen LogP contribution in [0.4, 0.5) is 13.2 Å². The number of benzene rings is 1. The van der Waals surface area contributed by atoms with Gasteiger partial charge in [0, 0.05) is 0 Å². The summed E-state index contributed by atoms with van der Waals surface area (Å²) in [5, 5.41) is 0. The Kier molecular flexibility index (Phi) is 4.53. The number of ether oxygens (including phenoxy) is 2. The van der Waals surface area contributed by atoms with Crippen LogP contribution < -0.4 is 4.74 Å². The van der Waals surface area contributed by atoms with Gasteiger partial charge in [-0.2, -0.15) is 13.2 Å². The lowest BCUT2D eigenvalue weighted by Gasteiger charge is -2.05. The van der Waals surface area contributed by atoms with Crippen molar-refractivity contribution in [1.29, 1.82) is 0 Å². The monoisotopic (exact) mass is 218 g/mol. The number of hydrogen-bond acceptors (Lipinski definition) is 2. The first kappa shape index (κ1) is 11.4. The standard InChI is InChI=1S/C10H9F3O2/c11-9(12)10(13)15-7-6-14-8-4-2-1-3-5-8/h1-5H,6-7H2. The minimum atomic E-state index is -2.46. The minimum absolute atomic E-state index is 0.00468. The molecule has 0 heterocycles. The normalized spacial score (nSPS) is 9.53. The highest BCUT2D eigenvalue weighted by Gasteiger charge is 2.05. The average molecular weight is 218 g/mol. The van der Waals surface area contributed by atoms with Crippen molar-refractivity contribution >= 4 is 0 Å². The van der Waals surface area contributed by atoms with E-state index in [0.29, 0.717) is 5.75 Å². The van der Waals surface area contributed by atoms with Gasteiger partial charge in [-0.3, -0.25) is 0 Å². The van der Waals surface area contributed by atoms with Crippen molar-refractivity contribution in [1.82, 2.24) is 0 Å². The van der Waals surface area contributed by atoms with Crippen LogP contribution in [0.1, 0.15) is 0 Å². The maximum absolute atomic E-state index is 12.1. The highest BCUT2D eigenvalue weighted by atomic mass is 19.3. The summed E-state index contributed by atoms with van der Waals surface area (Å²) >= 11 is 0. The maximum atomic E-state index is 12.1. The maximum Gasteiger partial charge on any atom is 0.342 e. The van der Waals surface area contributed by atoms with Crippen LogP contribution >= 0.6 is 0 Å². The van der Waals surface area contributed by atoms with E-state index < -0.39 is 12.1 Å². The van der Waals surface area contributed by atoms with Gasteiger partial charge in [-0.15, -0.1) is 0 Å². The molecule has 0 amide bonds. The number of hydrogen-bond donors (Lipinski definition) is 0. The summed E-state index contributed by atoms with van der Waals surface area (Å²) in [5.74, 6) is 0.575. The summed E-state index contributed by atoms with van der Waals surface area (Å²) in [4.78, 5) is 0. The number of halogens is 3. The second kappa shape index (κ2) is 5.95. The smallest absolute Gasteiger partial charge is 0.342 e. The number of para-hydroxylation sites is 1. The first-order valence-electron chi connectivity index (χ1n) is 4.21. The first-order chi connectivity index (χ1) is 7.20. The molecule has 0 aliphatic carbocycles. The molecule has 15 heavy (non-hydrogen) atoms. The third kappa shape index (κ3) is 4.39. The van der Waals surface area contributed by atoms with Crippen LogP contribution in [0.5, 0.6) is 5.75 Å². The third-order valence-electron chi connectivity index (χ3n) is 1.47. The predicted octanol–water partition coefficient (Wildman–Crippen LogP) is 3.12. The van der Waals surface area contributed by atoms with Crippen LogP contribution in [-0.4, -0.2) is 13.2 Å². The van der Waals surface area contributed by atoms with E-state index >= 15 is 0 Å². The molecule has 0 aliphatic heterocycles. The van der Waals surface area contributed by atoms with Crippen molar-refractivity contribution < 1.29 is 22.6 Å². The van der Waals surface area contributed by atoms with Gasteiger partial charge < -0.3 is 9.47 Å². The molecule has 2 nitrogen and oxygen atoms in total. The van der Waals surface area contributed by atoms with E-state index in [0.717, 1.165) is 0 Å². The summed E-state index contributed by atoms with van der Waals surface area (Å²) in [6.07, 6.45) is -2.46. The van der Waals surface area contributed by atoms with Gasteiger partial charge in [-0.1, -0.05) is 18.2 Å². The molecule has 1 aromatic carbocycles. The van der Waals surface area contributed by atoms with E-state index in [9.17, 15) is 13.2 Å². The zero-order valence-corrected chi connectivity index (χ0v) is 7.75. The van der Waals surface area contributed by atoms with Crippen molar-refractivity contribution in [2.45, 2.75) is 0 Å². The minimum Gasteiger partial charge on any atom is -0.490 e. The molecule has 82 valence electrons. The van der Waals surface area contributed by atoms with Crippen LogP contribution in [0.25, 0.3) is 0 Å². The molecule has 0 radical (unpaired) electrons. The van der Waals surface area contributed by atoms with Gasteiger partial charge in [0.15, 0.2) is 0 Å². The fourth-order valence-electron chi connectivity index (χ4n) is 0.862. The Balaban J connectivity index is 2.21. The van der Waals surface area contributed by atoms with Crippen molar-refractivity contribution in [2.24, 2.45) is 0 Å². The summed E-state index contributed by atoms with van der Waals surface area (Å²) in [6, 6.07) is 6.87. The summed E-state index contributed by atoms with van der Waals surface area (Å²) in [6.45, 7) is -0.261. The molecule has 0 N–H and O–H groups in total. The van der Waals surface area contributed by atoms with Crippen LogP contribution in [0.3, 0.4) is 0 Å². The second-order valence-electron chi connectivity index (χ2n) is 2.54. The van der Waals surface area contributed by atoms with Gasteiger partial charge in [0.2, 0.25) is 0 Å². The summed E-state index contributed by atoms with van der Waals surface area (Å²) in [5.41, 5.74) is 0. The Morgan fingerprint density at radius 3 is 2.27 bits per heavy atom. The van der Waals surface area contributed by atoms with Crippen molar-refractivity contribution in [2.75, 3.05) is 13.2 Å². The third-order valence-corrected chi connectivity index (χ3v) is 1.47. The van der Waals surface area contributed by atoms with Gasteiger partial charge in [-0.05, 0) is 12.1 Å². The Bertz CT molecular complexity index is 321. The molecule has 0 fully saturated rings. The molecule has 1 rings (SSSR count). The fraction of sp³-hybridized carbons (Fsp3) is 0.200. The molecular formula is C10H9F3O2. The van der Waals surface area contributed by atoms with Crippen molar-refractivity contribution in [3.63, 3.8) is 0 Å². The SMILES string of the molecule is FC(F)=C(F)OCCOc1ccccc1. The predicted molar refractivity (Wildman–Crippen MR) is 48.2 cm³/mol. The molecule has 1 aromatic rings. The first-order valence-corrected chi connectivity index (χ1v) is 4.21. The van der Waals surface area contributed by atoms with E-state index in [1.165, 1.54) is 0 Å². The zero-order chi connectivity index (χ0) is 11.1. The highest BCUT2D eigenvalue weighted by Crippen LogP contribution is 2.11. The van der Waals surface area contributed by atoms with E-state index in [1.54, 1.807) is 24.3 Å². The van der Waals surface area contributed by atoms with E-state index in [-0.39, 0.29) is 13.2 Å². The van der Waals surface area contributed by atoms with Crippen LogP contribution in [0.15, 0.2) is 42.4 Å². The van der Waals surface area contributed by atoms with Gasteiger partial charge >= 0.3 is 12.1 Å². The Labute approximate surface area is 84.9 Å². The summed E-state index contributed by atoms with van der Waals surface area (Å²) < 4.78 is 44.3. The molecule has 0 spiro atoms. The van der Waals surface area contributed by atoms with Crippen LogP contribution in [0, 0.1) is 0 Å². The Morgan fingerprint density at radius 1 is 1.00 bits per heavy atom. The van der Waals surface area contributed by atoms with Gasteiger partial charge in [-0.25, -0.2) is 0 Å². The van der Waals surface area contributed by atoms with Gasteiger partial charge in [0.25, 0.3) is 0 Å². The highest BCUT2D eigenvalue weighted by molar-refractivity contribution is 5.20. The van der Waals surface area contributed by atoms with E-state index in [4.69, 9.17) is 4.74 Å². The lowest BCUT2D eigenvalue weighted by atomic mass is 10.3. The van der Waals surface area contributed by atoms with Crippen molar-refractivity contribution in [3.05, 3.63) is 42.4 Å². The Morgan fingerprint density at radius 2 is 1.67 bits per heavy atom. The van der Waals surface area contributed by atoms with E-state index in [1.807, 2.05) is 6.07 Å². The largest absolute Gasteiger partial charge is 0.490 e. The lowest BCUT2D eigenvalue weighted by Crippen LogP contribution is -2.05.